The molecule has 2 atom stereocenters. The fourth-order valence-corrected chi connectivity index (χ4v) is 2.96. The lowest BCUT2D eigenvalue weighted by Gasteiger charge is -2.16. The van der Waals surface area contributed by atoms with Gasteiger partial charge in [0.25, 0.3) is 0 Å². The van der Waals surface area contributed by atoms with E-state index in [1.165, 1.54) is 0 Å². The van der Waals surface area contributed by atoms with Crippen molar-refractivity contribution in [2.75, 3.05) is 5.75 Å². The number of sulfonamides is 1. The first-order valence-corrected chi connectivity index (χ1v) is 6.53. The molecule has 0 bridgehead atoms. The summed E-state index contributed by atoms with van der Waals surface area (Å²) in [4.78, 5) is 10.2. The van der Waals surface area contributed by atoms with E-state index < -0.39 is 16.0 Å². The van der Waals surface area contributed by atoms with E-state index in [1.54, 1.807) is 0 Å². The Labute approximate surface area is 88.9 Å². The molecule has 0 amide bonds. The Morgan fingerprint density at radius 3 is 2.60 bits per heavy atom. The van der Waals surface area contributed by atoms with Crippen LogP contribution in [0.2, 0.25) is 0 Å². The predicted octanol–water partition coefficient (Wildman–Crippen LogP) is -0.740. The first-order valence-electron chi connectivity index (χ1n) is 4.88. The number of carboxylic acids is 1. The zero-order valence-corrected chi connectivity index (χ0v) is 9.16. The van der Waals surface area contributed by atoms with Gasteiger partial charge in [-0.2, -0.15) is 0 Å². The summed E-state index contributed by atoms with van der Waals surface area (Å²) in [6, 6.07) is -0.381. The highest BCUT2D eigenvalue weighted by atomic mass is 32.2. The second-order valence-electron chi connectivity index (χ2n) is 3.78. The van der Waals surface area contributed by atoms with E-state index in [2.05, 4.69) is 4.72 Å². The van der Waals surface area contributed by atoms with Gasteiger partial charge in [-0.05, 0) is 12.8 Å². The third-order valence-electron chi connectivity index (χ3n) is 2.49. The minimum atomic E-state index is -3.50. The van der Waals surface area contributed by atoms with Gasteiger partial charge in [0.15, 0.2) is 0 Å². The molecule has 0 aliphatic heterocycles. The van der Waals surface area contributed by atoms with Gasteiger partial charge in [-0.3, -0.25) is 4.79 Å². The minimum Gasteiger partial charge on any atom is -0.481 e. The highest BCUT2D eigenvalue weighted by molar-refractivity contribution is 7.89. The average molecular weight is 236 g/mol. The van der Waals surface area contributed by atoms with Crippen molar-refractivity contribution in [2.24, 2.45) is 5.73 Å². The van der Waals surface area contributed by atoms with Crippen molar-refractivity contribution < 1.29 is 18.3 Å². The van der Waals surface area contributed by atoms with Crippen LogP contribution in [-0.2, 0) is 14.8 Å². The van der Waals surface area contributed by atoms with Crippen LogP contribution in [0.15, 0.2) is 0 Å². The van der Waals surface area contributed by atoms with Crippen LogP contribution in [0.5, 0.6) is 0 Å². The fraction of sp³-hybridized carbons (Fsp3) is 0.875. The summed E-state index contributed by atoms with van der Waals surface area (Å²) in [5.74, 6) is -1.50. The molecule has 0 spiro atoms. The van der Waals surface area contributed by atoms with Crippen molar-refractivity contribution in [3.63, 3.8) is 0 Å². The molecule has 2 unspecified atom stereocenters. The molecule has 1 aliphatic rings. The van der Waals surface area contributed by atoms with E-state index in [9.17, 15) is 13.2 Å². The molecule has 1 aliphatic carbocycles. The van der Waals surface area contributed by atoms with Gasteiger partial charge in [-0.15, -0.1) is 0 Å². The molecule has 1 fully saturated rings. The van der Waals surface area contributed by atoms with Crippen molar-refractivity contribution >= 4 is 16.0 Å². The third-order valence-corrected chi connectivity index (χ3v) is 3.89. The van der Waals surface area contributed by atoms with E-state index in [-0.39, 0.29) is 24.3 Å². The summed E-state index contributed by atoms with van der Waals surface area (Å²) in [6.07, 6.45) is 2.07. The van der Waals surface area contributed by atoms with E-state index in [4.69, 9.17) is 10.8 Å². The normalized spacial score (nSPS) is 26.7. The average Bonchev–Trinajstić information content (AvgIpc) is 2.48. The third kappa shape index (κ3) is 4.15. The lowest BCUT2D eigenvalue weighted by molar-refractivity contribution is -0.136. The summed E-state index contributed by atoms with van der Waals surface area (Å²) in [5.41, 5.74) is 5.70. The standard InChI is InChI=1S/C8H16N2O4S/c9-6-2-1-3-7(6)10-15(13,14)5-4-8(11)12/h6-7,10H,1-5,9H2,(H,11,12). The molecule has 7 heteroatoms. The number of carbonyl (C=O) groups is 1. The summed E-state index contributed by atoms with van der Waals surface area (Å²) >= 11 is 0. The van der Waals surface area contributed by atoms with Crippen LogP contribution in [0.3, 0.4) is 0 Å². The highest BCUT2D eigenvalue weighted by Crippen LogP contribution is 2.17. The number of aliphatic carboxylic acids is 1. The van der Waals surface area contributed by atoms with Crippen LogP contribution in [0.1, 0.15) is 25.7 Å². The van der Waals surface area contributed by atoms with Crippen molar-refractivity contribution in [1.82, 2.24) is 4.72 Å². The molecular weight excluding hydrogens is 220 g/mol. The molecule has 4 N–H and O–H groups in total. The quantitative estimate of drug-likeness (QED) is 0.582. The smallest absolute Gasteiger partial charge is 0.304 e. The van der Waals surface area contributed by atoms with Crippen LogP contribution >= 0.6 is 0 Å². The highest BCUT2D eigenvalue weighted by Gasteiger charge is 2.27. The topological polar surface area (TPSA) is 109 Å². The second kappa shape index (κ2) is 4.91. The Bertz CT molecular complexity index is 328. The Kier molecular flexibility index (Phi) is 4.06. The molecule has 0 heterocycles. The Morgan fingerprint density at radius 2 is 2.13 bits per heavy atom. The van der Waals surface area contributed by atoms with Crippen LogP contribution in [0.25, 0.3) is 0 Å². The van der Waals surface area contributed by atoms with Gasteiger partial charge in [0.1, 0.15) is 0 Å². The van der Waals surface area contributed by atoms with Crippen molar-refractivity contribution in [3.8, 4) is 0 Å². The van der Waals surface area contributed by atoms with Gasteiger partial charge in [-0.25, -0.2) is 13.1 Å². The van der Waals surface area contributed by atoms with Crippen LogP contribution in [-0.4, -0.2) is 37.3 Å². The van der Waals surface area contributed by atoms with Gasteiger partial charge in [0.2, 0.25) is 10.0 Å². The molecular formula is C8H16N2O4S. The minimum absolute atomic E-state index is 0.149. The zero-order chi connectivity index (χ0) is 11.5. The van der Waals surface area contributed by atoms with Crippen LogP contribution < -0.4 is 10.5 Å². The SMILES string of the molecule is NC1CCCC1NS(=O)(=O)CCC(=O)O. The van der Waals surface area contributed by atoms with Gasteiger partial charge in [0, 0.05) is 12.1 Å². The zero-order valence-electron chi connectivity index (χ0n) is 8.35. The molecule has 0 radical (unpaired) electrons. The molecule has 0 aromatic rings. The van der Waals surface area contributed by atoms with E-state index in [0.29, 0.717) is 0 Å². The van der Waals surface area contributed by atoms with Crippen molar-refractivity contribution in [2.45, 2.75) is 37.8 Å². The lowest BCUT2D eigenvalue weighted by Crippen LogP contribution is -2.44. The maximum absolute atomic E-state index is 11.4. The van der Waals surface area contributed by atoms with E-state index >= 15 is 0 Å². The summed E-state index contributed by atoms with van der Waals surface area (Å²) < 4.78 is 25.3. The van der Waals surface area contributed by atoms with Gasteiger partial charge < -0.3 is 10.8 Å². The van der Waals surface area contributed by atoms with Gasteiger partial charge in [-0.1, -0.05) is 6.42 Å². The molecule has 88 valence electrons. The van der Waals surface area contributed by atoms with Crippen LogP contribution in [0.4, 0.5) is 0 Å². The molecule has 1 rings (SSSR count). The van der Waals surface area contributed by atoms with Crippen molar-refractivity contribution in [3.05, 3.63) is 0 Å². The van der Waals surface area contributed by atoms with E-state index in [0.717, 1.165) is 19.3 Å². The molecule has 0 saturated heterocycles. The lowest BCUT2D eigenvalue weighted by atomic mass is 10.2. The summed E-state index contributed by atoms with van der Waals surface area (Å²) in [7, 11) is -3.50. The number of hydrogen-bond acceptors (Lipinski definition) is 4. The molecule has 0 aromatic heterocycles. The Morgan fingerprint density at radius 1 is 1.47 bits per heavy atom. The van der Waals surface area contributed by atoms with Crippen LogP contribution in [0, 0.1) is 0 Å². The first-order chi connectivity index (χ1) is 6.91. The fourth-order valence-electron chi connectivity index (χ4n) is 1.65. The molecule has 15 heavy (non-hydrogen) atoms. The number of hydrogen-bond donors (Lipinski definition) is 3. The summed E-state index contributed by atoms with van der Waals surface area (Å²) in [6.45, 7) is 0. The summed E-state index contributed by atoms with van der Waals surface area (Å²) in [5, 5.41) is 8.37. The monoisotopic (exact) mass is 236 g/mol. The largest absolute Gasteiger partial charge is 0.481 e. The first kappa shape index (κ1) is 12.4. The van der Waals surface area contributed by atoms with Gasteiger partial charge >= 0.3 is 5.97 Å². The maximum Gasteiger partial charge on any atom is 0.304 e. The Balaban J connectivity index is 2.45. The molecule has 0 aromatic carbocycles. The number of nitrogens with two attached hydrogens (primary N) is 1. The van der Waals surface area contributed by atoms with E-state index in [1.807, 2.05) is 0 Å². The number of nitrogens with one attached hydrogen (secondary N) is 1. The number of carboxylic acid groups (broad SMARTS) is 1. The van der Waals surface area contributed by atoms with Gasteiger partial charge in [0.05, 0.1) is 12.2 Å². The molecule has 6 nitrogen and oxygen atoms in total. The molecule has 1 saturated carbocycles. The predicted molar refractivity (Wildman–Crippen MR) is 54.8 cm³/mol. The Hall–Kier alpha value is -0.660. The maximum atomic E-state index is 11.4. The van der Waals surface area contributed by atoms with Crippen molar-refractivity contribution in [1.29, 1.82) is 0 Å². The number of rotatable bonds is 5. The second-order valence-corrected chi connectivity index (χ2v) is 5.66.